The largest absolute Gasteiger partial charge is 0.481 e. The topological polar surface area (TPSA) is 129 Å². The summed E-state index contributed by atoms with van der Waals surface area (Å²) in [5, 5.41) is 32.5. The minimum Gasteiger partial charge on any atom is -0.481 e. The van der Waals surface area contributed by atoms with Gasteiger partial charge in [-0.05, 0) is 41.3 Å². The Hall–Kier alpha value is -4.08. The van der Waals surface area contributed by atoms with E-state index < -0.39 is 12.1 Å². The molecular weight excluding hydrogens is 434 g/mol. The molecule has 4 rings (SSSR count). The zero-order chi connectivity index (χ0) is 24.1. The van der Waals surface area contributed by atoms with E-state index >= 15 is 0 Å². The molecule has 4 aromatic rings. The number of nitrogens with one attached hydrogen (secondary N) is 2. The van der Waals surface area contributed by atoms with Crippen molar-refractivity contribution in [3.63, 3.8) is 0 Å². The molecule has 174 valence electrons. The normalized spacial score (nSPS) is 11.9. The number of fused-ring (bicyclic) bond motifs is 1. The number of rotatable bonds is 9. The number of nitrogens with zero attached hydrogens (tertiary/aromatic N) is 3. The summed E-state index contributed by atoms with van der Waals surface area (Å²) in [5.74, 6) is -1.38. The molecule has 0 aliphatic heterocycles. The molecule has 4 N–H and O–H groups in total. The number of carboxylic acid groups (broad SMARTS) is 1. The maximum Gasteiger partial charge on any atom is 0.306 e. The van der Waals surface area contributed by atoms with Crippen molar-refractivity contribution in [2.24, 2.45) is 0 Å². The van der Waals surface area contributed by atoms with E-state index in [0.29, 0.717) is 23.4 Å². The number of hydrogen-bond acceptors (Lipinski definition) is 6. The van der Waals surface area contributed by atoms with Gasteiger partial charge in [-0.15, -0.1) is 10.2 Å². The number of carbonyl (C=O) groups is 2. The number of pyridine rings is 1. The van der Waals surface area contributed by atoms with Crippen molar-refractivity contribution in [3.8, 4) is 11.1 Å². The summed E-state index contributed by atoms with van der Waals surface area (Å²) in [5.41, 5.74) is 5.28. The van der Waals surface area contributed by atoms with Gasteiger partial charge in [-0.25, -0.2) is 0 Å². The Morgan fingerprint density at radius 2 is 1.91 bits per heavy atom. The summed E-state index contributed by atoms with van der Waals surface area (Å²) in [7, 11) is 0. The van der Waals surface area contributed by atoms with Crippen molar-refractivity contribution in [3.05, 3.63) is 83.8 Å². The van der Waals surface area contributed by atoms with Crippen molar-refractivity contribution in [2.45, 2.75) is 26.0 Å². The van der Waals surface area contributed by atoms with Crippen molar-refractivity contribution < 1.29 is 19.8 Å². The fourth-order valence-corrected chi connectivity index (χ4v) is 3.81. The van der Waals surface area contributed by atoms with Crippen LogP contribution >= 0.6 is 0 Å². The fraction of sp³-hybridized carbons (Fsp3) is 0.200. The van der Waals surface area contributed by atoms with Gasteiger partial charge in [-0.2, -0.15) is 0 Å². The van der Waals surface area contributed by atoms with E-state index in [-0.39, 0.29) is 18.9 Å². The second-order valence-electron chi connectivity index (χ2n) is 8.00. The number of amides is 1. The highest BCUT2D eigenvalue weighted by Gasteiger charge is 2.17. The van der Waals surface area contributed by atoms with E-state index in [4.69, 9.17) is 5.11 Å². The monoisotopic (exact) mass is 459 g/mol. The van der Waals surface area contributed by atoms with Crippen LogP contribution in [0.5, 0.6) is 0 Å². The summed E-state index contributed by atoms with van der Waals surface area (Å²) in [6.45, 7) is 2.40. The van der Waals surface area contributed by atoms with E-state index in [2.05, 4.69) is 20.8 Å². The summed E-state index contributed by atoms with van der Waals surface area (Å²) < 4.78 is 1.66. The highest BCUT2D eigenvalue weighted by Crippen LogP contribution is 2.29. The van der Waals surface area contributed by atoms with E-state index in [9.17, 15) is 14.7 Å². The Kier molecular flexibility index (Phi) is 6.95. The molecule has 9 nitrogen and oxygen atoms in total. The third-order valence-corrected chi connectivity index (χ3v) is 5.48. The summed E-state index contributed by atoms with van der Waals surface area (Å²) >= 11 is 0. The Labute approximate surface area is 196 Å². The van der Waals surface area contributed by atoms with E-state index in [0.717, 1.165) is 22.3 Å². The van der Waals surface area contributed by atoms with Gasteiger partial charge in [0.05, 0.1) is 18.1 Å². The molecule has 0 fully saturated rings. The number of hydrogen-bond donors (Lipinski definition) is 4. The van der Waals surface area contributed by atoms with Crippen LogP contribution in [0.25, 0.3) is 16.8 Å². The maximum atomic E-state index is 13.3. The number of carbonyl (C=O) groups excluding carboxylic acids is 1. The molecule has 0 aliphatic rings. The predicted octanol–water partition coefficient (Wildman–Crippen LogP) is 2.88. The van der Waals surface area contributed by atoms with Crippen LogP contribution in [-0.2, 0) is 11.3 Å². The van der Waals surface area contributed by atoms with Gasteiger partial charge >= 0.3 is 5.97 Å². The summed E-state index contributed by atoms with van der Waals surface area (Å²) in [6.07, 6.45) is 1.95. The van der Waals surface area contributed by atoms with Crippen LogP contribution < -0.4 is 10.6 Å². The number of carboxylic acids is 1. The minimum atomic E-state index is -1.06. The fourth-order valence-electron chi connectivity index (χ4n) is 3.81. The summed E-state index contributed by atoms with van der Waals surface area (Å²) in [4.78, 5) is 24.0. The summed E-state index contributed by atoms with van der Waals surface area (Å²) in [6, 6.07) is 17.5. The molecular formula is C25H25N5O4. The molecule has 2 heterocycles. The lowest BCUT2D eigenvalue weighted by atomic mass is 9.99. The zero-order valence-electron chi connectivity index (χ0n) is 18.6. The Bertz CT molecular complexity index is 1320. The number of aliphatic hydroxyl groups excluding tert-OH is 1. The highest BCUT2D eigenvalue weighted by molar-refractivity contribution is 6.09. The lowest BCUT2D eigenvalue weighted by molar-refractivity contribution is -0.139. The van der Waals surface area contributed by atoms with Crippen LogP contribution in [0, 0.1) is 6.92 Å². The van der Waals surface area contributed by atoms with Gasteiger partial charge in [0, 0.05) is 25.0 Å². The average Bonchev–Trinajstić information content (AvgIpc) is 3.28. The molecule has 0 saturated heterocycles. The van der Waals surface area contributed by atoms with Gasteiger partial charge in [0.2, 0.25) is 0 Å². The molecule has 0 saturated carbocycles. The van der Waals surface area contributed by atoms with Crippen LogP contribution in [0.3, 0.4) is 0 Å². The number of anilines is 1. The second-order valence-corrected chi connectivity index (χ2v) is 8.00. The first-order chi connectivity index (χ1) is 16.4. The SMILES string of the molecule is Cc1c(NC(=O)c2cc(CNC[C@@H](O)CC(=O)O)cn3cnnc23)cccc1-c1ccccc1. The maximum absolute atomic E-state index is 13.3. The lowest BCUT2D eigenvalue weighted by Gasteiger charge is -2.14. The molecule has 9 heteroatoms. The van der Waals surface area contributed by atoms with Gasteiger partial charge in [0.15, 0.2) is 5.65 Å². The number of benzene rings is 2. The third-order valence-electron chi connectivity index (χ3n) is 5.48. The van der Waals surface area contributed by atoms with E-state index in [1.54, 1.807) is 16.7 Å². The zero-order valence-corrected chi connectivity index (χ0v) is 18.6. The van der Waals surface area contributed by atoms with Crippen LogP contribution in [0.4, 0.5) is 5.69 Å². The first-order valence-corrected chi connectivity index (χ1v) is 10.8. The molecule has 0 radical (unpaired) electrons. The molecule has 0 spiro atoms. The first kappa shape index (κ1) is 23.1. The Morgan fingerprint density at radius 1 is 1.12 bits per heavy atom. The predicted molar refractivity (Wildman–Crippen MR) is 128 cm³/mol. The number of aliphatic hydroxyl groups is 1. The number of aliphatic carboxylic acids is 1. The van der Waals surface area contributed by atoms with Crippen molar-refractivity contribution in [1.82, 2.24) is 19.9 Å². The lowest BCUT2D eigenvalue weighted by Crippen LogP contribution is -2.28. The van der Waals surface area contributed by atoms with Gasteiger partial charge in [-0.1, -0.05) is 42.5 Å². The number of aromatic nitrogens is 3. The second kappa shape index (κ2) is 10.2. The molecule has 0 bridgehead atoms. The molecule has 1 amide bonds. The van der Waals surface area contributed by atoms with Crippen LogP contribution in [-0.4, -0.2) is 49.3 Å². The highest BCUT2D eigenvalue weighted by atomic mass is 16.4. The van der Waals surface area contributed by atoms with Crippen LogP contribution in [0.15, 0.2) is 67.1 Å². The molecule has 1 atom stereocenters. The van der Waals surface area contributed by atoms with Crippen molar-refractivity contribution >= 4 is 23.2 Å². The minimum absolute atomic E-state index is 0.111. The van der Waals surface area contributed by atoms with Gasteiger partial charge in [0.1, 0.15) is 6.33 Å². The molecule has 0 unspecified atom stereocenters. The molecule has 2 aromatic carbocycles. The first-order valence-electron chi connectivity index (χ1n) is 10.8. The van der Waals surface area contributed by atoms with Gasteiger partial charge in [-0.3, -0.25) is 14.0 Å². The van der Waals surface area contributed by atoms with E-state index in [1.807, 2.05) is 55.5 Å². The van der Waals surface area contributed by atoms with Gasteiger partial charge < -0.3 is 20.8 Å². The molecule has 34 heavy (non-hydrogen) atoms. The van der Waals surface area contributed by atoms with Crippen molar-refractivity contribution in [2.75, 3.05) is 11.9 Å². The van der Waals surface area contributed by atoms with Crippen LogP contribution in [0.1, 0.15) is 27.9 Å². The molecule has 0 aliphatic carbocycles. The standard InChI is InChI=1S/C25H25N5O4/c1-16-20(18-6-3-2-4-7-18)8-5-9-22(16)28-25(34)21-10-17(14-30-15-27-29-24(21)30)12-26-13-19(31)11-23(32)33/h2-10,14-15,19,26,31H,11-13H2,1H3,(H,28,34)(H,32,33)/t19-/m0/s1. The molecule has 2 aromatic heterocycles. The van der Waals surface area contributed by atoms with E-state index in [1.165, 1.54) is 6.33 Å². The van der Waals surface area contributed by atoms with Crippen molar-refractivity contribution in [1.29, 1.82) is 0 Å². The Balaban J connectivity index is 1.55. The average molecular weight is 460 g/mol. The Morgan fingerprint density at radius 3 is 2.68 bits per heavy atom. The smallest absolute Gasteiger partial charge is 0.306 e. The third kappa shape index (κ3) is 5.28. The van der Waals surface area contributed by atoms with Crippen LogP contribution in [0.2, 0.25) is 0 Å². The quantitative estimate of drug-likeness (QED) is 0.303. The van der Waals surface area contributed by atoms with Gasteiger partial charge in [0.25, 0.3) is 5.91 Å².